The number of ketones is 1. The van der Waals surface area contributed by atoms with E-state index in [1.54, 1.807) is 29.3 Å². The van der Waals surface area contributed by atoms with E-state index in [-0.39, 0.29) is 5.78 Å². The standard InChI is InChI=1S/C14H13N5O/c15-5-7-19-9-13(17-18-19)14(20)12-3-1-2-10-8-16-6-4-11(10)12/h1-4,6,8-9H,5,7,15H2. The minimum absolute atomic E-state index is 0.148. The van der Waals surface area contributed by atoms with Crippen molar-refractivity contribution in [3.8, 4) is 0 Å². The third-order valence-electron chi connectivity index (χ3n) is 3.05. The summed E-state index contributed by atoms with van der Waals surface area (Å²) in [6.07, 6.45) is 5.02. The molecule has 3 aromatic rings. The first kappa shape index (κ1) is 12.4. The quantitative estimate of drug-likeness (QED) is 0.713. The van der Waals surface area contributed by atoms with Crippen LogP contribution >= 0.6 is 0 Å². The highest BCUT2D eigenvalue weighted by Gasteiger charge is 2.15. The van der Waals surface area contributed by atoms with Gasteiger partial charge in [-0.25, -0.2) is 0 Å². The van der Waals surface area contributed by atoms with Gasteiger partial charge in [0.05, 0.1) is 12.7 Å². The monoisotopic (exact) mass is 267 g/mol. The third-order valence-corrected chi connectivity index (χ3v) is 3.05. The summed E-state index contributed by atoms with van der Waals surface area (Å²) in [5.74, 6) is -0.148. The molecule has 6 heteroatoms. The molecule has 0 amide bonds. The van der Waals surface area contributed by atoms with Crippen molar-refractivity contribution in [2.24, 2.45) is 5.73 Å². The molecule has 6 nitrogen and oxygen atoms in total. The lowest BCUT2D eigenvalue weighted by Crippen LogP contribution is -2.10. The number of aromatic nitrogens is 4. The molecule has 0 spiro atoms. The SMILES string of the molecule is NCCn1cc(C(=O)c2cccc3cnccc23)nn1. The highest BCUT2D eigenvalue weighted by molar-refractivity contribution is 6.15. The maximum atomic E-state index is 12.5. The zero-order valence-electron chi connectivity index (χ0n) is 10.7. The fourth-order valence-electron chi connectivity index (χ4n) is 2.10. The molecule has 1 aromatic carbocycles. The van der Waals surface area contributed by atoms with Gasteiger partial charge in [-0.2, -0.15) is 0 Å². The number of rotatable bonds is 4. The van der Waals surface area contributed by atoms with E-state index in [2.05, 4.69) is 15.3 Å². The van der Waals surface area contributed by atoms with Gasteiger partial charge in [-0.05, 0) is 11.5 Å². The van der Waals surface area contributed by atoms with E-state index in [0.717, 1.165) is 10.8 Å². The fraction of sp³-hybridized carbons (Fsp3) is 0.143. The van der Waals surface area contributed by atoms with Crippen LogP contribution < -0.4 is 5.73 Å². The van der Waals surface area contributed by atoms with Gasteiger partial charge in [0.2, 0.25) is 5.78 Å². The van der Waals surface area contributed by atoms with Crippen molar-refractivity contribution in [3.63, 3.8) is 0 Å². The highest BCUT2D eigenvalue weighted by Crippen LogP contribution is 2.19. The molecule has 0 saturated heterocycles. The number of nitrogens with zero attached hydrogens (tertiary/aromatic N) is 4. The summed E-state index contributed by atoms with van der Waals surface area (Å²) in [7, 11) is 0. The van der Waals surface area contributed by atoms with Crippen LogP contribution in [-0.4, -0.2) is 32.3 Å². The first-order chi connectivity index (χ1) is 9.79. The Balaban J connectivity index is 2.03. The van der Waals surface area contributed by atoms with Crippen molar-refractivity contribution in [1.82, 2.24) is 20.0 Å². The maximum Gasteiger partial charge on any atom is 0.215 e. The fourth-order valence-corrected chi connectivity index (χ4v) is 2.10. The first-order valence-corrected chi connectivity index (χ1v) is 6.27. The molecule has 0 bridgehead atoms. The molecule has 20 heavy (non-hydrogen) atoms. The molecular weight excluding hydrogens is 254 g/mol. The van der Waals surface area contributed by atoms with E-state index in [0.29, 0.717) is 24.3 Å². The average Bonchev–Trinajstić information content (AvgIpc) is 2.95. The van der Waals surface area contributed by atoms with Crippen LogP contribution in [0.4, 0.5) is 0 Å². The predicted molar refractivity (Wildman–Crippen MR) is 74.3 cm³/mol. The zero-order chi connectivity index (χ0) is 13.9. The van der Waals surface area contributed by atoms with Crippen molar-refractivity contribution in [1.29, 1.82) is 0 Å². The summed E-state index contributed by atoms with van der Waals surface area (Å²) >= 11 is 0. The van der Waals surface area contributed by atoms with E-state index in [1.807, 2.05) is 18.2 Å². The molecule has 3 rings (SSSR count). The molecule has 0 saturated carbocycles. The Morgan fingerprint density at radius 1 is 1.30 bits per heavy atom. The van der Waals surface area contributed by atoms with Gasteiger partial charge in [-0.1, -0.05) is 23.4 Å². The molecule has 0 fully saturated rings. The van der Waals surface area contributed by atoms with E-state index in [9.17, 15) is 4.79 Å². The molecule has 0 aliphatic rings. The lowest BCUT2D eigenvalue weighted by atomic mass is 10.0. The highest BCUT2D eigenvalue weighted by atomic mass is 16.1. The van der Waals surface area contributed by atoms with Crippen LogP contribution in [0.2, 0.25) is 0 Å². The third kappa shape index (κ3) is 2.17. The van der Waals surface area contributed by atoms with Crippen LogP contribution in [0.25, 0.3) is 10.8 Å². The Morgan fingerprint density at radius 3 is 3.05 bits per heavy atom. The summed E-state index contributed by atoms with van der Waals surface area (Å²) in [5, 5.41) is 9.58. The smallest absolute Gasteiger partial charge is 0.215 e. The topological polar surface area (TPSA) is 86.7 Å². The minimum atomic E-state index is -0.148. The largest absolute Gasteiger partial charge is 0.329 e. The number of carbonyl (C=O) groups excluding carboxylic acids is 1. The molecular formula is C14H13N5O. The molecule has 2 heterocycles. The lowest BCUT2D eigenvalue weighted by molar-refractivity contribution is 0.103. The maximum absolute atomic E-state index is 12.5. The van der Waals surface area contributed by atoms with E-state index in [1.165, 1.54) is 0 Å². The van der Waals surface area contributed by atoms with Crippen molar-refractivity contribution in [2.75, 3.05) is 6.54 Å². The van der Waals surface area contributed by atoms with Crippen LogP contribution in [0.5, 0.6) is 0 Å². The first-order valence-electron chi connectivity index (χ1n) is 6.27. The minimum Gasteiger partial charge on any atom is -0.329 e. The Morgan fingerprint density at radius 2 is 2.20 bits per heavy atom. The summed E-state index contributed by atoms with van der Waals surface area (Å²) in [6.45, 7) is 0.997. The molecule has 2 aromatic heterocycles. The molecule has 0 radical (unpaired) electrons. The van der Waals surface area contributed by atoms with Gasteiger partial charge in [0.1, 0.15) is 0 Å². The van der Waals surface area contributed by atoms with Crippen LogP contribution in [-0.2, 0) is 6.54 Å². The van der Waals surface area contributed by atoms with E-state index in [4.69, 9.17) is 5.73 Å². The number of hydrogen-bond donors (Lipinski definition) is 1. The van der Waals surface area contributed by atoms with Crippen LogP contribution in [0, 0.1) is 0 Å². The Labute approximate surface area is 115 Å². The molecule has 2 N–H and O–H groups in total. The molecule has 0 atom stereocenters. The van der Waals surface area contributed by atoms with Gasteiger partial charge in [-0.15, -0.1) is 5.10 Å². The van der Waals surface area contributed by atoms with Crippen molar-refractivity contribution in [2.45, 2.75) is 6.54 Å². The molecule has 0 unspecified atom stereocenters. The Bertz CT molecular complexity index is 760. The average molecular weight is 267 g/mol. The number of nitrogens with two attached hydrogens (primary N) is 1. The van der Waals surface area contributed by atoms with Gasteiger partial charge in [0.25, 0.3) is 0 Å². The van der Waals surface area contributed by atoms with Crippen LogP contribution in [0.1, 0.15) is 16.1 Å². The Kier molecular flexibility index (Phi) is 3.22. The lowest BCUT2D eigenvalue weighted by Gasteiger charge is -2.02. The van der Waals surface area contributed by atoms with Crippen molar-refractivity contribution >= 4 is 16.6 Å². The van der Waals surface area contributed by atoms with Crippen molar-refractivity contribution in [3.05, 3.63) is 54.1 Å². The van der Waals surface area contributed by atoms with E-state index < -0.39 is 0 Å². The zero-order valence-corrected chi connectivity index (χ0v) is 10.7. The number of carbonyl (C=O) groups is 1. The molecule has 0 aliphatic carbocycles. The number of pyridine rings is 1. The summed E-state index contributed by atoms with van der Waals surface area (Å²) in [6, 6.07) is 7.37. The second-order valence-electron chi connectivity index (χ2n) is 4.39. The van der Waals surface area contributed by atoms with Crippen LogP contribution in [0.15, 0.2) is 42.9 Å². The summed E-state index contributed by atoms with van der Waals surface area (Å²) < 4.78 is 1.57. The normalized spacial score (nSPS) is 10.8. The van der Waals surface area contributed by atoms with Crippen LogP contribution in [0.3, 0.4) is 0 Å². The summed E-state index contributed by atoms with van der Waals surface area (Å²) in [4.78, 5) is 16.6. The van der Waals surface area contributed by atoms with Crippen molar-refractivity contribution < 1.29 is 4.79 Å². The summed E-state index contributed by atoms with van der Waals surface area (Å²) in [5.41, 5.74) is 6.37. The Hall–Kier alpha value is -2.60. The number of fused-ring (bicyclic) bond motifs is 1. The number of hydrogen-bond acceptors (Lipinski definition) is 5. The van der Waals surface area contributed by atoms with Gasteiger partial charge < -0.3 is 5.73 Å². The van der Waals surface area contributed by atoms with Gasteiger partial charge in [-0.3, -0.25) is 14.5 Å². The predicted octanol–water partition coefficient (Wildman–Crippen LogP) is 1.02. The second-order valence-corrected chi connectivity index (χ2v) is 4.39. The van der Waals surface area contributed by atoms with Gasteiger partial charge >= 0.3 is 0 Å². The van der Waals surface area contributed by atoms with Gasteiger partial charge in [0, 0.05) is 29.9 Å². The van der Waals surface area contributed by atoms with Gasteiger partial charge in [0.15, 0.2) is 5.69 Å². The number of benzene rings is 1. The van der Waals surface area contributed by atoms with E-state index >= 15 is 0 Å². The second kappa shape index (κ2) is 5.18. The molecule has 0 aliphatic heterocycles. The molecule has 100 valence electrons.